The monoisotopic (exact) mass is 310 g/mol. The highest BCUT2D eigenvalue weighted by Crippen LogP contribution is 2.31. The van der Waals surface area contributed by atoms with Gasteiger partial charge in [-0.3, -0.25) is 4.72 Å². The smallest absolute Gasteiger partial charge is 0.232 e. The van der Waals surface area contributed by atoms with Crippen molar-refractivity contribution < 1.29 is 8.42 Å². The number of sulfonamides is 1. The molecular weight excluding hydrogens is 284 g/mol. The van der Waals surface area contributed by atoms with Crippen molar-refractivity contribution in [3.63, 3.8) is 0 Å². The van der Waals surface area contributed by atoms with E-state index < -0.39 is 10.0 Å². The summed E-state index contributed by atoms with van der Waals surface area (Å²) in [5.74, 6) is 1.43. The molecule has 1 aliphatic rings. The molecule has 2 unspecified atom stereocenters. The molecule has 0 amide bonds. The lowest BCUT2D eigenvalue weighted by molar-refractivity contribution is 0.268. The quantitative estimate of drug-likeness (QED) is 0.872. The lowest BCUT2D eigenvalue weighted by atomic mass is 9.78. The van der Waals surface area contributed by atoms with Crippen LogP contribution in [0.5, 0.6) is 0 Å². The zero-order valence-corrected chi connectivity index (χ0v) is 13.9. The summed E-state index contributed by atoms with van der Waals surface area (Å²) in [6.07, 6.45) is 3.87. The lowest BCUT2D eigenvalue weighted by Crippen LogP contribution is -2.37. The fourth-order valence-electron chi connectivity index (χ4n) is 3.04. The van der Waals surface area contributed by atoms with Crippen molar-refractivity contribution in [3.8, 4) is 0 Å². The van der Waals surface area contributed by atoms with Crippen LogP contribution in [-0.2, 0) is 10.0 Å². The summed E-state index contributed by atoms with van der Waals surface area (Å²) in [5.41, 5.74) is 1.67. The van der Waals surface area contributed by atoms with Crippen LogP contribution in [0.2, 0.25) is 0 Å². The first kappa shape index (κ1) is 16.1. The molecule has 2 rings (SSSR count). The number of rotatable bonds is 5. The van der Waals surface area contributed by atoms with E-state index >= 15 is 0 Å². The van der Waals surface area contributed by atoms with Gasteiger partial charge in [-0.25, -0.2) is 8.42 Å². The summed E-state index contributed by atoms with van der Waals surface area (Å²) in [6.45, 7) is 6.23. The minimum Gasteiger partial charge on any atom is -0.382 e. The summed E-state index contributed by atoms with van der Waals surface area (Å²) in [6, 6.07) is 8.02. The van der Waals surface area contributed by atoms with E-state index in [1.807, 2.05) is 24.3 Å². The molecule has 2 N–H and O–H groups in total. The number of benzene rings is 1. The molecular formula is C16H26N2O2S. The Morgan fingerprint density at radius 2 is 1.57 bits per heavy atom. The Labute approximate surface area is 128 Å². The van der Waals surface area contributed by atoms with Crippen LogP contribution in [-0.4, -0.2) is 20.2 Å². The predicted molar refractivity (Wildman–Crippen MR) is 89.1 cm³/mol. The normalized spacial score (nSPS) is 26.3. The third-order valence-electron chi connectivity index (χ3n) is 4.42. The van der Waals surface area contributed by atoms with Crippen LogP contribution in [0.25, 0.3) is 0 Å². The summed E-state index contributed by atoms with van der Waals surface area (Å²) in [4.78, 5) is 0. The van der Waals surface area contributed by atoms with Crippen molar-refractivity contribution in [3.05, 3.63) is 24.3 Å². The van der Waals surface area contributed by atoms with E-state index in [-0.39, 0.29) is 5.75 Å². The molecule has 1 fully saturated rings. The Hall–Kier alpha value is -1.23. The average molecular weight is 310 g/mol. The molecule has 0 spiro atoms. The maximum absolute atomic E-state index is 11.5. The van der Waals surface area contributed by atoms with E-state index in [1.54, 1.807) is 6.92 Å². The van der Waals surface area contributed by atoms with Gasteiger partial charge in [-0.15, -0.1) is 0 Å². The first-order valence-corrected chi connectivity index (χ1v) is 9.43. The van der Waals surface area contributed by atoms with Gasteiger partial charge in [0.15, 0.2) is 0 Å². The van der Waals surface area contributed by atoms with Gasteiger partial charge in [0.1, 0.15) is 0 Å². The van der Waals surface area contributed by atoms with Gasteiger partial charge in [-0.1, -0.05) is 20.3 Å². The van der Waals surface area contributed by atoms with E-state index in [1.165, 1.54) is 19.3 Å². The van der Waals surface area contributed by atoms with Gasteiger partial charge in [-0.05, 0) is 55.9 Å². The topological polar surface area (TPSA) is 58.2 Å². The van der Waals surface area contributed by atoms with Gasteiger partial charge in [0, 0.05) is 17.4 Å². The first-order chi connectivity index (χ1) is 9.91. The zero-order valence-electron chi connectivity index (χ0n) is 13.1. The SMILES string of the molecule is CCS(=O)(=O)Nc1ccc(NC2C(C)CCCC2C)cc1. The molecule has 4 nitrogen and oxygen atoms in total. The molecule has 0 aliphatic heterocycles. The Morgan fingerprint density at radius 3 is 2.10 bits per heavy atom. The predicted octanol–water partition coefficient (Wildman–Crippen LogP) is 3.68. The minimum absolute atomic E-state index is 0.0874. The fraction of sp³-hybridized carbons (Fsp3) is 0.625. The van der Waals surface area contributed by atoms with Crippen LogP contribution >= 0.6 is 0 Å². The van der Waals surface area contributed by atoms with Crippen LogP contribution in [0.1, 0.15) is 40.0 Å². The Kier molecular flexibility index (Phi) is 5.14. The van der Waals surface area contributed by atoms with E-state index in [4.69, 9.17) is 0 Å². The van der Waals surface area contributed by atoms with Crippen LogP contribution in [0, 0.1) is 11.8 Å². The van der Waals surface area contributed by atoms with E-state index in [2.05, 4.69) is 23.9 Å². The van der Waals surface area contributed by atoms with Crippen molar-refractivity contribution >= 4 is 21.4 Å². The third-order valence-corrected chi connectivity index (χ3v) is 5.72. The molecule has 0 saturated heterocycles. The maximum atomic E-state index is 11.5. The molecule has 118 valence electrons. The van der Waals surface area contributed by atoms with Crippen LogP contribution in [0.3, 0.4) is 0 Å². The van der Waals surface area contributed by atoms with Crippen molar-refractivity contribution in [2.24, 2.45) is 11.8 Å². The van der Waals surface area contributed by atoms with Gasteiger partial charge in [-0.2, -0.15) is 0 Å². The van der Waals surface area contributed by atoms with Gasteiger partial charge in [0.05, 0.1) is 5.75 Å². The fourth-order valence-corrected chi connectivity index (χ4v) is 3.68. The molecule has 21 heavy (non-hydrogen) atoms. The minimum atomic E-state index is -3.20. The molecule has 1 aromatic rings. The third kappa shape index (κ3) is 4.37. The van der Waals surface area contributed by atoms with Crippen molar-refractivity contribution in [1.82, 2.24) is 0 Å². The van der Waals surface area contributed by atoms with Crippen LogP contribution in [0.15, 0.2) is 24.3 Å². The van der Waals surface area contributed by atoms with Crippen LogP contribution < -0.4 is 10.0 Å². The second-order valence-electron chi connectivity index (χ2n) is 6.14. The number of anilines is 2. The molecule has 0 radical (unpaired) electrons. The van der Waals surface area contributed by atoms with Gasteiger partial charge >= 0.3 is 0 Å². The zero-order chi connectivity index (χ0) is 15.5. The van der Waals surface area contributed by atoms with Gasteiger partial charge in [0.2, 0.25) is 10.0 Å². The largest absolute Gasteiger partial charge is 0.382 e. The number of hydrogen-bond acceptors (Lipinski definition) is 3. The molecule has 0 aromatic heterocycles. The Bertz CT molecular complexity index is 544. The maximum Gasteiger partial charge on any atom is 0.232 e. The van der Waals surface area contributed by atoms with E-state index in [9.17, 15) is 8.42 Å². The van der Waals surface area contributed by atoms with Crippen molar-refractivity contribution in [1.29, 1.82) is 0 Å². The highest BCUT2D eigenvalue weighted by Gasteiger charge is 2.27. The lowest BCUT2D eigenvalue weighted by Gasteiger charge is -2.36. The summed E-state index contributed by atoms with van der Waals surface area (Å²) < 4.78 is 25.6. The summed E-state index contributed by atoms with van der Waals surface area (Å²) >= 11 is 0. The Morgan fingerprint density at radius 1 is 1.05 bits per heavy atom. The Balaban J connectivity index is 2.02. The molecule has 1 aliphatic carbocycles. The molecule has 0 bridgehead atoms. The van der Waals surface area contributed by atoms with Crippen molar-refractivity contribution in [2.75, 3.05) is 15.8 Å². The second-order valence-corrected chi connectivity index (χ2v) is 8.15. The molecule has 1 saturated carbocycles. The number of nitrogens with one attached hydrogen (secondary N) is 2. The standard InChI is InChI=1S/C16H26N2O2S/c1-4-21(19,20)18-15-10-8-14(9-11-15)17-16-12(2)6-5-7-13(16)3/h8-13,16-18H,4-7H2,1-3H3. The van der Waals surface area contributed by atoms with Gasteiger partial charge < -0.3 is 5.32 Å². The molecule has 2 atom stereocenters. The highest BCUT2D eigenvalue weighted by molar-refractivity contribution is 7.92. The average Bonchev–Trinajstić information content (AvgIpc) is 2.45. The molecule has 5 heteroatoms. The number of hydrogen-bond donors (Lipinski definition) is 2. The first-order valence-electron chi connectivity index (χ1n) is 7.78. The highest BCUT2D eigenvalue weighted by atomic mass is 32.2. The molecule has 0 heterocycles. The second kappa shape index (κ2) is 6.69. The van der Waals surface area contributed by atoms with Crippen molar-refractivity contribution in [2.45, 2.75) is 46.1 Å². The van der Waals surface area contributed by atoms with Crippen LogP contribution in [0.4, 0.5) is 11.4 Å². The molecule has 1 aromatic carbocycles. The summed E-state index contributed by atoms with van der Waals surface area (Å²) in [7, 11) is -3.20. The van der Waals surface area contributed by atoms with E-state index in [0.717, 1.165) is 5.69 Å². The van der Waals surface area contributed by atoms with Gasteiger partial charge in [0.25, 0.3) is 0 Å². The summed E-state index contributed by atoms with van der Waals surface area (Å²) in [5, 5.41) is 3.61. The van der Waals surface area contributed by atoms with E-state index in [0.29, 0.717) is 23.6 Å².